The van der Waals surface area contributed by atoms with E-state index in [0.717, 1.165) is 5.56 Å². The molecule has 2 aromatic heterocycles. The predicted octanol–water partition coefficient (Wildman–Crippen LogP) is 2.62. The summed E-state index contributed by atoms with van der Waals surface area (Å²) in [5.74, 6) is 1.80. The molecule has 8 nitrogen and oxygen atoms in total. The summed E-state index contributed by atoms with van der Waals surface area (Å²) in [4.78, 5) is 4.46. The number of hydrogen-bond acceptors (Lipinski definition) is 7. The molecule has 146 valence electrons. The first kappa shape index (κ1) is 19.7. The quantitative estimate of drug-likeness (QED) is 0.501. The number of nitrogens with zero attached hydrogens (tertiary/aromatic N) is 3. The van der Waals surface area contributed by atoms with E-state index in [0.29, 0.717) is 34.5 Å². The van der Waals surface area contributed by atoms with Crippen LogP contribution in [0.25, 0.3) is 0 Å². The fourth-order valence-electron chi connectivity index (χ4n) is 2.51. The van der Waals surface area contributed by atoms with Crippen molar-refractivity contribution >= 4 is 27.5 Å². The average molecular weight is 398 g/mol. The molecule has 0 aliphatic heterocycles. The van der Waals surface area contributed by atoms with E-state index in [1.54, 1.807) is 37.4 Å². The molecule has 3 N–H and O–H groups in total. The Labute approximate surface area is 164 Å². The van der Waals surface area contributed by atoms with Crippen molar-refractivity contribution in [1.29, 1.82) is 0 Å². The number of sulfonamides is 1. The second-order valence-corrected chi connectivity index (χ2v) is 7.97. The first-order valence-electron chi connectivity index (χ1n) is 8.77. The van der Waals surface area contributed by atoms with Crippen LogP contribution in [0.5, 0.6) is 0 Å². The molecule has 0 amide bonds. The van der Waals surface area contributed by atoms with Crippen LogP contribution in [0.1, 0.15) is 11.1 Å². The smallest absolute Gasteiger partial charge is 0.240 e. The first-order valence-corrected chi connectivity index (χ1v) is 10.2. The van der Waals surface area contributed by atoms with Gasteiger partial charge in [0, 0.05) is 19.3 Å². The van der Waals surface area contributed by atoms with E-state index in [2.05, 4.69) is 30.5 Å². The molecule has 0 spiro atoms. The summed E-state index contributed by atoms with van der Waals surface area (Å²) in [7, 11) is -3.55. The molecule has 0 saturated carbocycles. The van der Waals surface area contributed by atoms with E-state index in [-0.39, 0.29) is 6.54 Å². The first-order chi connectivity index (χ1) is 13.4. The zero-order valence-corrected chi connectivity index (χ0v) is 16.5. The fraction of sp³-hybridized carbons (Fsp3) is 0.211. The van der Waals surface area contributed by atoms with Gasteiger partial charge in [-0.15, -0.1) is 10.2 Å². The predicted molar refractivity (Wildman–Crippen MR) is 109 cm³/mol. The zero-order chi connectivity index (χ0) is 20.0. The van der Waals surface area contributed by atoms with Crippen molar-refractivity contribution in [1.82, 2.24) is 19.9 Å². The average Bonchev–Trinajstić information content (AvgIpc) is 2.69. The van der Waals surface area contributed by atoms with Crippen molar-refractivity contribution in [3.8, 4) is 0 Å². The van der Waals surface area contributed by atoms with Crippen molar-refractivity contribution in [3.63, 3.8) is 0 Å². The van der Waals surface area contributed by atoms with Crippen LogP contribution in [0.15, 0.2) is 59.6 Å². The van der Waals surface area contributed by atoms with Crippen LogP contribution < -0.4 is 15.4 Å². The molecule has 9 heteroatoms. The monoisotopic (exact) mass is 398 g/mol. The Bertz CT molecular complexity index is 1020. The van der Waals surface area contributed by atoms with Crippen LogP contribution >= 0.6 is 0 Å². The number of aromatic nitrogens is 3. The summed E-state index contributed by atoms with van der Waals surface area (Å²) in [6.45, 7) is 4.25. The lowest BCUT2D eigenvalue weighted by molar-refractivity contribution is 0.582. The van der Waals surface area contributed by atoms with Crippen molar-refractivity contribution in [2.45, 2.75) is 18.7 Å². The largest absolute Gasteiger partial charge is 0.367 e. The normalized spacial score (nSPS) is 11.2. The molecule has 0 radical (unpaired) electrons. The number of aryl methyl sites for hydroxylation is 2. The summed E-state index contributed by atoms with van der Waals surface area (Å²) in [6.07, 6.45) is 1.69. The van der Waals surface area contributed by atoms with Gasteiger partial charge in [0.05, 0.1) is 4.90 Å². The Kier molecular flexibility index (Phi) is 6.17. The molecular formula is C19H22N6O2S. The van der Waals surface area contributed by atoms with Crippen LogP contribution in [-0.2, 0) is 10.0 Å². The Morgan fingerprint density at radius 2 is 1.68 bits per heavy atom. The maximum atomic E-state index is 12.5. The molecule has 28 heavy (non-hydrogen) atoms. The molecule has 0 atom stereocenters. The molecule has 3 rings (SSSR count). The molecule has 0 aliphatic rings. The summed E-state index contributed by atoms with van der Waals surface area (Å²) in [5.41, 5.74) is 1.62. The third-order valence-corrected chi connectivity index (χ3v) is 5.54. The van der Waals surface area contributed by atoms with E-state index < -0.39 is 10.0 Å². The highest BCUT2D eigenvalue weighted by molar-refractivity contribution is 7.89. The maximum absolute atomic E-state index is 12.5. The maximum Gasteiger partial charge on any atom is 0.240 e. The Hall–Kier alpha value is -3.04. The second-order valence-electron chi connectivity index (χ2n) is 6.24. The molecule has 0 bridgehead atoms. The molecule has 0 saturated heterocycles. The van der Waals surface area contributed by atoms with Gasteiger partial charge in [-0.2, -0.15) is 0 Å². The Morgan fingerprint density at radius 3 is 2.39 bits per heavy atom. The molecule has 1 aromatic carbocycles. The lowest BCUT2D eigenvalue weighted by atomic mass is 10.2. The molecule has 0 unspecified atom stereocenters. The van der Waals surface area contributed by atoms with E-state index in [1.807, 2.05) is 31.2 Å². The van der Waals surface area contributed by atoms with Crippen LogP contribution in [0.4, 0.5) is 17.5 Å². The number of nitrogens with one attached hydrogen (secondary N) is 3. The minimum absolute atomic E-state index is 0.228. The van der Waals surface area contributed by atoms with Gasteiger partial charge in [-0.3, -0.25) is 0 Å². The highest BCUT2D eigenvalue weighted by Crippen LogP contribution is 2.16. The number of hydrogen-bond donors (Lipinski definition) is 3. The van der Waals surface area contributed by atoms with Crippen LogP contribution in [0, 0.1) is 13.8 Å². The number of rotatable bonds is 8. The molecule has 0 fully saturated rings. The Balaban J connectivity index is 1.50. The van der Waals surface area contributed by atoms with E-state index in [4.69, 9.17) is 0 Å². The van der Waals surface area contributed by atoms with Gasteiger partial charge in [0.1, 0.15) is 11.6 Å². The van der Waals surface area contributed by atoms with Gasteiger partial charge >= 0.3 is 0 Å². The van der Waals surface area contributed by atoms with Gasteiger partial charge in [0.25, 0.3) is 0 Å². The van der Waals surface area contributed by atoms with Crippen molar-refractivity contribution in [2.24, 2.45) is 0 Å². The van der Waals surface area contributed by atoms with Gasteiger partial charge in [0.2, 0.25) is 10.0 Å². The van der Waals surface area contributed by atoms with E-state index in [1.165, 1.54) is 0 Å². The van der Waals surface area contributed by atoms with Crippen molar-refractivity contribution in [2.75, 3.05) is 23.7 Å². The second kappa shape index (κ2) is 8.77. The van der Waals surface area contributed by atoms with Gasteiger partial charge in [0.15, 0.2) is 5.82 Å². The lowest BCUT2D eigenvalue weighted by Gasteiger charge is -2.11. The molecule has 0 aliphatic carbocycles. The zero-order valence-electron chi connectivity index (χ0n) is 15.7. The highest BCUT2D eigenvalue weighted by Gasteiger charge is 2.16. The summed E-state index contributed by atoms with van der Waals surface area (Å²) >= 11 is 0. The molecular weight excluding hydrogens is 376 g/mol. The number of pyridine rings is 1. The number of anilines is 3. The Morgan fingerprint density at radius 1 is 0.893 bits per heavy atom. The summed E-state index contributed by atoms with van der Waals surface area (Å²) < 4.78 is 27.5. The van der Waals surface area contributed by atoms with Gasteiger partial charge in [-0.05, 0) is 55.3 Å². The molecule has 3 aromatic rings. The summed E-state index contributed by atoms with van der Waals surface area (Å²) in [6, 6.07) is 14.4. The minimum Gasteiger partial charge on any atom is -0.367 e. The number of benzene rings is 1. The topological polar surface area (TPSA) is 109 Å². The van der Waals surface area contributed by atoms with Crippen LogP contribution in [-0.4, -0.2) is 36.7 Å². The minimum atomic E-state index is -3.55. The van der Waals surface area contributed by atoms with Crippen molar-refractivity contribution in [3.05, 3.63) is 65.9 Å². The molecule has 2 heterocycles. The standard InChI is InChI=1S/C19H22N6O2S/c1-14-6-7-15(2)16(13-14)28(26,27)22-12-11-21-18-8-9-19(25-24-18)23-17-5-3-4-10-20-17/h3-10,13,22H,11-12H2,1-2H3,(H,21,24)(H,20,23,25). The van der Waals surface area contributed by atoms with E-state index in [9.17, 15) is 8.42 Å². The van der Waals surface area contributed by atoms with E-state index >= 15 is 0 Å². The lowest BCUT2D eigenvalue weighted by Crippen LogP contribution is -2.29. The summed E-state index contributed by atoms with van der Waals surface area (Å²) in [5, 5.41) is 14.2. The fourth-order valence-corrected chi connectivity index (χ4v) is 3.87. The van der Waals surface area contributed by atoms with Gasteiger partial charge in [-0.1, -0.05) is 18.2 Å². The third kappa shape index (κ3) is 5.24. The van der Waals surface area contributed by atoms with Crippen molar-refractivity contribution < 1.29 is 8.42 Å². The highest BCUT2D eigenvalue weighted by atomic mass is 32.2. The van der Waals surface area contributed by atoms with Crippen LogP contribution in [0.2, 0.25) is 0 Å². The van der Waals surface area contributed by atoms with Gasteiger partial charge in [-0.25, -0.2) is 18.1 Å². The SMILES string of the molecule is Cc1ccc(C)c(S(=O)(=O)NCCNc2ccc(Nc3ccccn3)nn2)c1. The van der Waals surface area contributed by atoms with Crippen LogP contribution in [0.3, 0.4) is 0 Å². The third-order valence-electron chi connectivity index (χ3n) is 3.94. The van der Waals surface area contributed by atoms with Gasteiger partial charge < -0.3 is 10.6 Å².